The third kappa shape index (κ3) is 2.44. The summed E-state index contributed by atoms with van der Waals surface area (Å²) in [6.07, 6.45) is 2.46. The molecule has 3 nitrogen and oxygen atoms in total. The maximum absolute atomic E-state index is 11.0. The van der Waals surface area contributed by atoms with Gasteiger partial charge in [0.2, 0.25) is 0 Å². The normalized spacial score (nSPS) is 37.8. The molecule has 2 fully saturated rings. The topological polar surface area (TPSA) is 46.2 Å². The number of thioether (sulfide) groups is 1. The average molecular weight is 235 g/mol. The second-order valence-electron chi connectivity index (χ2n) is 4.27. The molecule has 5 heteroatoms. The third-order valence-electron chi connectivity index (χ3n) is 2.97. The molecule has 0 aromatic heterocycles. The molecule has 0 aliphatic carbocycles. The average Bonchev–Trinajstić information content (AvgIpc) is 2.05. The minimum atomic E-state index is -2.67. The van der Waals surface area contributed by atoms with E-state index in [0.717, 1.165) is 0 Å². The van der Waals surface area contributed by atoms with Gasteiger partial charge in [0.1, 0.15) is 0 Å². The lowest BCUT2D eigenvalue weighted by Crippen LogP contribution is -2.56. The summed E-state index contributed by atoms with van der Waals surface area (Å²) in [6.45, 7) is 2.23. The molecule has 82 valence electrons. The molecule has 0 radical (unpaired) electrons. The molecule has 2 saturated heterocycles. The van der Waals surface area contributed by atoms with Crippen LogP contribution in [0.15, 0.2) is 0 Å². The van der Waals surface area contributed by atoms with Crippen LogP contribution in [0.3, 0.4) is 0 Å². The summed E-state index contributed by atoms with van der Waals surface area (Å²) in [4.78, 5) is 0. The fourth-order valence-electron chi connectivity index (χ4n) is 2.11. The van der Waals surface area contributed by atoms with Gasteiger partial charge in [0, 0.05) is 17.3 Å². The maximum atomic E-state index is 11.0. The lowest BCUT2D eigenvalue weighted by atomic mass is 10.1. The van der Waals surface area contributed by atoms with Crippen LogP contribution < -0.4 is 5.32 Å². The van der Waals surface area contributed by atoms with Crippen molar-refractivity contribution in [1.29, 1.82) is 0 Å². The van der Waals surface area contributed by atoms with E-state index in [4.69, 9.17) is 0 Å². The van der Waals surface area contributed by atoms with E-state index in [1.165, 1.54) is 18.6 Å². The molecule has 2 aliphatic rings. The van der Waals surface area contributed by atoms with Crippen LogP contribution in [0.25, 0.3) is 0 Å². The molecule has 0 saturated carbocycles. The standard InChI is InChI=1S/C9H17NO2S2/c1-7-9(3-2-4-13-7)10-8-5-14(11,12)6-8/h7-10H,2-6H2,1H3. The molecular weight excluding hydrogens is 218 g/mol. The van der Waals surface area contributed by atoms with Crippen molar-refractivity contribution in [1.82, 2.24) is 5.32 Å². The third-order valence-corrected chi connectivity index (χ3v) is 6.17. The quantitative estimate of drug-likeness (QED) is 0.764. The predicted molar refractivity (Wildman–Crippen MR) is 60.5 cm³/mol. The number of hydrogen-bond acceptors (Lipinski definition) is 4. The molecule has 0 bridgehead atoms. The highest BCUT2D eigenvalue weighted by Gasteiger charge is 2.35. The van der Waals surface area contributed by atoms with E-state index in [9.17, 15) is 8.42 Å². The van der Waals surface area contributed by atoms with Gasteiger partial charge in [-0.05, 0) is 18.6 Å². The zero-order chi connectivity index (χ0) is 10.2. The van der Waals surface area contributed by atoms with Gasteiger partial charge in [0.05, 0.1) is 11.5 Å². The first-order chi connectivity index (χ1) is 6.57. The van der Waals surface area contributed by atoms with Crippen LogP contribution in [0.1, 0.15) is 19.8 Å². The molecular formula is C9H17NO2S2. The SMILES string of the molecule is CC1SCCCC1NC1CS(=O)(=O)C1. The molecule has 1 N–H and O–H groups in total. The second-order valence-corrected chi connectivity index (χ2v) is 7.90. The lowest BCUT2D eigenvalue weighted by molar-refractivity contribution is 0.409. The second kappa shape index (κ2) is 4.02. The van der Waals surface area contributed by atoms with Crippen LogP contribution in [-0.2, 0) is 9.84 Å². The van der Waals surface area contributed by atoms with Crippen LogP contribution in [0.2, 0.25) is 0 Å². The summed E-state index contributed by atoms with van der Waals surface area (Å²) in [5.41, 5.74) is 0. The van der Waals surface area contributed by atoms with E-state index < -0.39 is 9.84 Å². The minimum absolute atomic E-state index is 0.228. The van der Waals surface area contributed by atoms with Gasteiger partial charge in [-0.2, -0.15) is 11.8 Å². The van der Waals surface area contributed by atoms with Crippen molar-refractivity contribution in [2.75, 3.05) is 17.3 Å². The summed E-state index contributed by atoms with van der Waals surface area (Å²) in [7, 11) is -2.67. The van der Waals surface area contributed by atoms with E-state index in [1.54, 1.807) is 0 Å². The van der Waals surface area contributed by atoms with Crippen molar-refractivity contribution in [3.63, 3.8) is 0 Å². The summed E-state index contributed by atoms with van der Waals surface area (Å²) in [5, 5.41) is 4.09. The summed E-state index contributed by atoms with van der Waals surface area (Å²) < 4.78 is 22.0. The minimum Gasteiger partial charge on any atom is -0.308 e. The van der Waals surface area contributed by atoms with Gasteiger partial charge in [-0.25, -0.2) is 8.42 Å². The van der Waals surface area contributed by atoms with Crippen molar-refractivity contribution in [3.8, 4) is 0 Å². The van der Waals surface area contributed by atoms with Gasteiger partial charge in [0.25, 0.3) is 0 Å². The fourth-order valence-corrected chi connectivity index (χ4v) is 4.58. The van der Waals surface area contributed by atoms with Crippen LogP contribution in [0, 0.1) is 0 Å². The Bertz CT molecular complexity index is 290. The number of sulfone groups is 1. The van der Waals surface area contributed by atoms with E-state index in [2.05, 4.69) is 12.2 Å². The summed E-state index contributed by atoms with van der Waals surface area (Å²) >= 11 is 1.99. The van der Waals surface area contributed by atoms with Crippen LogP contribution in [0.5, 0.6) is 0 Å². The molecule has 2 unspecified atom stereocenters. The number of hydrogen-bond donors (Lipinski definition) is 1. The molecule has 2 aliphatic heterocycles. The Balaban J connectivity index is 1.80. The van der Waals surface area contributed by atoms with Crippen molar-refractivity contribution >= 4 is 21.6 Å². The number of rotatable bonds is 2. The Morgan fingerprint density at radius 3 is 2.64 bits per heavy atom. The maximum Gasteiger partial charge on any atom is 0.153 e. The first-order valence-electron chi connectivity index (χ1n) is 5.15. The molecule has 0 aromatic carbocycles. The lowest BCUT2D eigenvalue weighted by Gasteiger charge is -2.36. The Labute approximate surface area is 89.9 Å². The summed E-state index contributed by atoms with van der Waals surface area (Å²) in [5.74, 6) is 1.95. The van der Waals surface area contributed by atoms with Gasteiger partial charge in [0.15, 0.2) is 9.84 Å². The van der Waals surface area contributed by atoms with E-state index >= 15 is 0 Å². The largest absolute Gasteiger partial charge is 0.308 e. The fraction of sp³-hybridized carbons (Fsp3) is 1.00. The smallest absolute Gasteiger partial charge is 0.153 e. The highest BCUT2D eigenvalue weighted by Crippen LogP contribution is 2.26. The van der Waals surface area contributed by atoms with Crippen molar-refractivity contribution in [2.24, 2.45) is 0 Å². The van der Waals surface area contributed by atoms with Crippen LogP contribution >= 0.6 is 11.8 Å². The Morgan fingerprint density at radius 2 is 2.07 bits per heavy atom. The molecule has 14 heavy (non-hydrogen) atoms. The highest BCUT2D eigenvalue weighted by molar-refractivity contribution is 8.00. The van der Waals surface area contributed by atoms with Gasteiger partial charge in [-0.15, -0.1) is 0 Å². The monoisotopic (exact) mass is 235 g/mol. The van der Waals surface area contributed by atoms with E-state index in [1.807, 2.05) is 11.8 Å². The van der Waals surface area contributed by atoms with Gasteiger partial charge in [-0.1, -0.05) is 6.92 Å². The first-order valence-corrected chi connectivity index (χ1v) is 8.02. The summed E-state index contributed by atoms with van der Waals surface area (Å²) in [6, 6.07) is 0.750. The van der Waals surface area contributed by atoms with Gasteiger partial charge in [-0.3, -0.25) is 0 Å². The van der Waals surface area contributed by atoms with Crippen LogP contribution in [-0.4, -0.2) is 43.0 Å². The van der Waals surface area contributed by atoms with E-state index in [-0.39, 0.29) is 6.04 Å². The Morgan fingerprint density at radius 1 is 1.36 bits per heavy atom. The predicted octanol–water partition coefficient (Wildman–Crippen LogP) is 0.657. The number of nitrogens with one attached hydrogen (secondary N) is 1. The van der Waals surface area contributed by atoms with E-state index in [0.29, 0.717) is 22.8 Å². The zero-order valence-electron chi connectivity index (χ0n) is 8.40. The van der Waals surface area contributed by atoms with Gasteiger partial charge < -0.3 is 5.32 Å². The van der Waals surface area contributed by atoms with Crippen molar-refractivity contribution < 1.29 is 8.42 Å². The zero-order valence-corrected chi connectivity index (χ0v) is 10.0. The van der Waals surface area contributed by atoms with Crippen molar-refractivity contribution in [3.05, 3.63) is 0 Å². The molecule has 2 atom stereocenters. The molecule has 0 spiro atoms. The molecule has 0 aromatic rings. The Hall–Kier alpha value is 0.260. The highest BCUT2D eigenvalue weighted by atomic mass is 32.2. The van der Waals surface area contributed by atoms with Crippen molar-refractivity contribution in [2.45, 2.75) is 37.1 Å². The Kier molecular flexibility index (Phi) is 3.09. The molecule has 2 heterocycles. The first kappa shape index (κ1) is 10.8. The molecule has 2 rings (SSSR count). The van der Waals surface area contributed by atoms with Crippen LogP contribution in [0.4, 0.5) is 0 Å². The molecule has 0 amide bonds. The van der Waals surface area contributed by atoms with Gasteiger partial charge >= 0.3 is 0 Å².